The molecule has 0 unspecified atom stereocenters. The molecule has 0 spiro atoms. The highest BCUT2D eigenvalue weighted by molar-refractivity contribution is 5.95. The van der Waals surface area contributed by atoms with E-state index in [9.17, 15) is 13.6 Å². The molecule has 2 rings (SSSR count). The molecule has 1 heterocycles. The number of hydrogen-bond acceptors (Lipinski definition) is 3. The van der Waals surface area contributed by atoms with E-state index in [4.69, 9.17) is 4.42 Å². The summed E-state index contributed by atoms with van der Waals surface area (Å²) in [6.07, 6.45) is 0. The smallest absolute Gasteiger partial charge is 0.256 e. The van der Waals surface area contributed by atoms with E-state index in [1.807, 2.05) is 0 Å². The monoisotopic (exact) mass is 280 g/mol. The van der Waals surface area contributed by atoms with Crippen molar-refractivity contribution in [1.82, 2.24) is 9.88 Å². The zero-order valence-corrected chi connectivity index (χ0v) is 11.6. The average molecular weight is 280 g/mol. The summed E-state index contributed by atoms with van der Waals surface area (Å²) in [4.78, 5) is 17.1. The molecule has 2 aromatic rings. The van der Waals surface area contributed by atoms with Crippen LogP contribution in [0.25, 0.3) is 11.3 Å². The van der Waals surface area contributed by atoms with Gasteiger partial charge in [-0.25, -0.2) is 13.8 Å². The first kappa shape index (κ1) is 14.2. The maximum Gasteiger partial charge on any atom is 0.256 e. The standard InChI is InChI=1S/C14H14F2N2O2/c1-7-13(17-8(2)20-7)11-10(15)6-5-9(12(11)16)14(19)18(3)4/h5-6H,1-4H3. The Morgan fingerprint density at radius 1 is 1.25 bits per heavy atom. The number of hydrogen-bond donors (Lipinski definition) is 0. The van der Waals surface area contributed by atoms with Gasteiger partial charge in [-0.2, -0.15) is 0 Å². The third-order valence-corrected chi connectivity index (χ3v) is 2.87. The van der Waals surface area contributed by atoms with Gasteiger partial charge in [0.05, 0.1) is 11.1 Å². The van der Waals surface area contributed by atoms with Crippen molar-refractivity contribution in [2.75, 3.05) is 14.1 Å². The lowest BCUT2D eigenvalue weighted by atomic mass is 10.0. The van der Waals surface area contributed by atoms with E-state index in [1.54, 1.807) is 13.8 Å². The zero-order valence-electron chi connectivity index (χ0n) is 11.6. The predicted octanol–water partition coefficient (Wildman–Crippen LogP) is 2.94. The van der Waals surface area contributed by atoms with Crippen molar-refractivity contribution in [3.63, 3.8) is 0 Å². The second-order valence-electron chi connectivity index (χ2n) is 4.62. The number of halogens is 2. The second-order valence-corrected chi connectivity index (χ2v) is 4.62. The van der Waals surface area contributed by atoms with E-state index >= 15 is 0 Å². The quantitative estimate of drug-likeness (QED) is 0.849. The first-order valence-corrected chi connectivity index (χ1v) is 5.97. The minimum atomic E-state index is -0.930. The maximum absolute atomic E-state index is 14.4. The molecule has 1 amide bonds. The minimum absolute atomic E-state index is 0.0749. The SMILES string of the molecule is Cc1nc(-c2c(F)ccc(C(=O)N(C)C)c2F)c(C)o1. The van der Waals surface area contributed by atoms with Crippen LogP contribution >= 0.6 is 0 Å². The van der Waals surface area contributed by atoms with Crippen LogP contribution in [0, 0.1) is 25.5 Å². The van der Waals surface area contributed by atoms with E-state index in [0.29, 0.717) is 11.7 Å². The molecule has 1 aromatic heterocycles. The van der Waals surface area contributed by atoms with Gasteiger partial charge >= 0.3 is 0 Å². The second kappa shape index (κ2) is 5.03. The largest absolute Gasteiger partial charge is 0.446 e. The molecule has 0 saturated heterocycles. The minimum Gasteiger partial charge on any atom is -0.446 e. The van der Waals surface area contributed by atoms with Crippen LogP contribution in [0.3, 0.4) is 0 Å². The van der Waals surface area contributed by atoms with E-state index in [0.717, 1.165) is 12.1 Å². The summed E-state index contributed by atoms with van der Waals surface area (Å²) in [5.74, 6) is -1.65. The van der Waals surface area contributed by atoms with Crippen LogP contribution < -0.4 is 0 Å². The van der Waals surface area contributed by atoms with E-state index in [2.05, 4.69) is 4.98 Å². The fraction of sp³-hybridized carbons (Fsp3) is 0.286. The van der Waals surface area contributed by atoms with E-state index in [-0.39, 0.29) is 16.8 Å². The highest BCUT2D eigenvalue weighted by Crippen LogP contribution is 2.30. The van der Waals surface area contributed by atoms with Crippen LogP contribution in [-0.4, -0.2) is 29.9 Å². The maximum atomic E-state index is 14.4. The van der Waals surface area contributed by atoms with E-state index in [1.165, 1.54) is 19.0 Å². The fourth-order valence-electron chi connectivity index (χ4n) is 1.94. The molecule has 0 fully saturated rings. The summed E-state index contributed by atoms with van der Waals surface area (Å²) in [6.45, 7) is 3.15. The number of oxazole rings is 1. The Morgan fingerprint density at radius 3 is 2.40 bits per heavy atom. The molecule has 0 saturated carbocycles. The number of amides is 1. The highest BCUT2D eigenvalue weighted by atomic mass is 19.1. The van der Waals surface area contributed by atoms with Gasteiger partial charge in [0, 0.05) is 21.0 Å². The number of nitrogens with zero attached hydrogens (tertiary/aromatic N) is 2. The normalized spacial score (nSPS) is 10.7. The molecule has 0 aliphatic carbocycles. The van der Waals surface area contributed by atoms with Crippen molar-refractivity contribution in [2.45, 2.75) is 13.8 Å². The van der Waals surface area contributed by atoms with Gasteiger partial charge in [0.1, 0.15) is 23.1 Å². The van der Waals surface area contributed by atoms with Gasteiger partial charge < -0.3 is 9.32 Å². The number of rotatable bonds is 2. The Bertz CT molecular complexity index is 678. The van der Waals surface area contributed by atoms with Gasteiger partial charge in [0.2, 0.25) is 0 Å². The van der Waals surface area contributed by atoms with Gasteiger partial charge in [0.15, 0.2) is 5.89 Å². The molecule has 4 nitrogen and oxygen atoms in total. The molecule has 1 aromatic carbocycles. The summed E-state index contributed by atoms with van der Waals surface area (Å²) in [5.41, 5.74) is -0.468. The Labute approximate surface area is 115 Å². The molecule has 0 radical (unpaired) electrons. The lowest BCUT2D eigenvalue weighted by Crippen LogP contribution is -2.23. The third kappa shape index (κ3) is 2.29. The summed E-state index contributed by atoms with van der Waals surface area (Å²) in [6, 6.07) is 2.18. The predicted molar refractivity (Wildman–Crippen MR) is 69.3 cm³/mol. The highest BCUT2D eigenvalue weighted by Gasteiger charge is 2.24. The lowest BCUT2D eigenvalue weighted by Gasteiger charge is -2.12. The van der Waals surface area contributed by atoms with Crippen molar-refractivity contribution < 1.29 is 18.0 Å². The first-order valence-electron chi connectivity index (χ1n) is 5.97. The van der Waals surface area contributed by atoms with Gasteiger partial charge in [-0.1, -0.05) is 0 Å². The fourth-order valence-corrected chi connectivity index (χ4v) is 1.94. The van der Waals surface area contributed by atoms with Crippen LogP contribution in [0.15, 0.2) is 16.5 Å². The number of aryl methyl sites for hydroxylation is 2. The van der Waals surface area contributed by atoms with Crippen LogP contribution in [0.4, 0.5) is 8.78 Å². The van der Waals surface area contributed by atoms with Crippen molar-refractivity contribution in [2.24, 2.45) is 0 Å². The van der Waals surface area contributed by atoms with Gasteiger partial charge in [-0.05, 0) is 19.1 Å². The molecule has 6 heteroatoms. The molecule has 0 N–H and O–H groups in total. The number of aromatic nitrogens is 1. The van der Waals surface area contributed by atoms with Crippen LogP contribution in [0.1, 0.15) is 22.0 Å². The molecular formula is C14H14F2N2O2. The van der Waals surface area contributed by atoms with Crippen molar-refractivity contribution in [1.29, 1.82) is 0 Å². The molecule has 106 valence electrons. The van der Waals surface area contributed by atoms with Crippen LogP contribution in [-0.2, 0) is 0 Å². The Morgan fingerprint density at radius 2 is 1.90 bits per heavy atom. The topological polar surface area (TPSA) is 46.3 Å². The van der Waals surface area contributed by atoms with E-state index < -0.39 is 17.5 Å². The molecule has 0 bridgehead atoms. The summed E-state index contributed by atoms with van der Waals surface area (Å²) < 4.78 is 33.6. The molecule has 0 aliphatic heterocycles. The van der Waals surface area contributed by atoms with Crippen molar-refractivity contribution in [3.8, 4) is 11.3 Å². The number of carbonyl (C=O) groups excluding carboxylic acids is 1. The van der Waals surface area contributed by atoms with Gasteiger partial charge in [-0.3, -0.25) is 4.79 Å². The lowest BCUT2D eigenvalue weighted by molar-refractivity contribution is 0.0823. The Hall–Kier alpha value is -2.24. The van der Waals surface area contributed by atoms with Crippen molar-refractivity contribution >= 4 is 5.91 Å². The average Bonchev–Trinajstić information content (AvgIpc) is 2.68. The van der Waals surface area contributed by atoms with Gasteiger partial charge in [0.25, 0.3) is 5.91 Å². The summed E-state index contributed by atoms with van der Waals surface area (Å²) in [7, 11) is 2.99. The summed E-state index contributed by atoms with van der Waals surface area (Å²) in [5, 5.41) is 0. The van der Waals surface area contributed by atoms with Crippen LogP contribution in [0.5, 0.6) is 0 Å². The van der Waals surface area contributed by atoms with Crippen LogP contribution in [0.2, 0.25) is 0 Å². The summed E-state index contributed by atoms with van der Waals surface area (Å²) >= 11 is 0. The van der Waals surface area contributed by atoms with Gasteiger partial charge in [-0.15, -0.1) is 0 Å². The molecule has 20 heavy (non-hydrogen) atoms. The first-order chi connectivity index (χ1) is 9.32. The Kier molecular flexibility index (Phi) is 3.57. The molecule has 0 aliphatic rings. The number of carbonyl (C=O) groups is 1. The third-order valence-electron chi connectivity index (χ3n) is 2.87. The molecular weight excluding hydrogens is 266 g/mol. The Balaban J connectivity index is 2.68. The van der Waals surface area contributed by atoms with Crippen molar-refractivity contribution in [3.05, 3.63) is 41.0 Å². The molecule has 0 atom stereocenters. The number of benzene rings is 1. The zero-order chi connectivity index (χ0) is 15.0.